The van der Waals surface area contributed by atoms with E-state index in [1.165, 1.54) is 0 Å². The predicted molar refractivity (Wildman–Crippen MR) is 47.7 cm³/mol. The van der Waals surface area contributed by atoms with E-state index in [-0.39, 0.29) is 0 Å². The number of methoxy groups -OCH3 is 1. The third-order valence-corrected chi connectivity index (χ3v) is 1.25. The molecule has 0 bridgehead atoms. The van der Waals surface area contributed by atoms with E-state index in [2.05, 4.69) is 9.98 Å². The molecule has 0 saturated carbocycles. The summed E-state index contributed by atoms with van der Waals surface area (Å²) in [7, 11) is 1.59. The molecule has 0 saturated heterocycles. The Balaban J connectivity index is 2.85. The fraction of sp³-hybridized carbons (Fsp3) is 0.250. The fourth-order valence-electron chi connectivity index (χ4n) is 0.740. The van der Waals surface area contributed by atoms with Gasteiger partial charge in [-0.2, -0.15) is 0 Å². The number of nitrogens with zero attached hydrogens (tertiary/aromatic N) is 2. The van der Waals surface area contributed by atoms with Gasteiger partial charge in [-0.05, 0) is 19.1 Å². The van der Waals surface area contributed by atoms with E-state index in [0.29, 0.717) is 17.4 Å². The van der Waals surface area contributed by atoms with Gasteiger partial charge in [0.2, 0.25) is 0 Å². The Morgan fingerprint density at radius 1 is 1.58 bits per heavy atom. The summed E-state index contributed by atoms with van der Waals surface area (Å²) in [5, 5.41) is 0. The lowest BCUT2D eigenvalue weighted by Crippen LogP contribution is -2.04. The predicted octanol–water partition coefficient (Wildman–Crippen LogP) is 1.10. The number of ether oxygens (including phenoxy) is 1. The zero-order valence-corrected chi connectivity index (χ0v) is 7.11. The lowest BCUT2D eigenvalue weighted by atomic mass is 10.4. The highest BCUT2D eigenvalue weighted by Gasteiger charge is 1.92. The first-order valence-corrected chi connectivity index (χ1v) is 3.53. The van der Waals surface area contributed by atoms with Crippen LogP contribution in [0.4, 0.5) is 5.82 Å². The largest absolute Gasteiger partial charge is 0.495 e. The maximum absolute atomic E-state index is 5.37. The van der Waals surface area contributed by atoms with Crippen LogP contribution in [0.5, 0.6) is 5.75 Å². The molecular formula is C8H11N3O. The standard InChI is InChI=1S/C8H11N3O/c1-6(9)11-8-4-3-7(12-2)5-10-8/h3-5H,1-2H3,(H2,9,10,11). The van der Waals surface area contributed by atoms with Crippen LogP contribution >= 0.6 is 0 Å². The van der Waals surface area contributed by atoms with Crippen LogP contribution in [0.2, 0.25) is 0 Å². The van der Waals surface area contributed by atoms with Gasteiger partial charge < -0.3 is 10.5 Å². The van der Waals surface area contributed by atoms with E-state index in [1.807, 2.05) is 0 Å². The fourth-order valence-corrected chi connectivity index (χ4v) is 0.740. The minimum Gasteiger partial charge on any atom is -0.495 e. The van der Waals surface area contributed by atoms with E-state index in [1.54, 1.807) is 32.4 Å². The summed E-state index contributed by atoms with van der Waals surface area (Å²) in [5.74, 6) is 1.80. The highest BCUT2D eigenvalue weighted by molar-refractivity contribution is 5.79. The van der Waals surface area contributed by atoms with Gasteiger partial charge >= 0.3 is 0 Å². The van der Waals surface area contributed by atoms with Crippen molar-refractivity contribution >= 4 is 11.7 Å². The Hall–Kier alpha value is -1.58. The summed E-state index contributed by atoms with van der Waals surface area (Å²) >= 11 is 0. The lowest BCUT2D eigenvalue weighted by molar-refractivity contribution is 0.413. The van der Waals surface area contributed by atoms with Gasteiger partial charge in [0, 0.05) is 0 Å². The van der Waals surface area contributed by atoms with Crippen LogP contribution < -0.4 is 10.5 Å². The summed E-state index contributed by atoms with van der Waals surface area (Å²) in [6.07, 6.45) is 1.60. The summed E-state index contributed by atoms with van der Waals surface area (Å²) < 4.78 is 4.93. The van der Waals surface area contributed by atoms with Crippen molar-refractivity contribution in [2.24, 2.45) is 10.7 Å². The Bertz CT molecular complexity index is 275. The van der Waals surface area contributed by atoms with Crippen LogP contribution in [0.3, 0.4) is 0 Å². The average molecular weight is 165 g/mol. The molecule has 0 aliphatic rings. The molecule has 0 spiro atoms. The van der Waals surface area contributed by atoms with Gasteiger partial charge in [0.1, 0.15) is 5.75 Å². The van der Waals surface area contributed by atoms with Crippen LogP contribution in [0.25, 0.3) is 0 Å². The third kappa shape index (κ3) is 2.23. The first-order chi connectivity index (χ1) is 5.72. The second kappa shape index (κ2) is 3.71. The zero-order chi connectivity index (χ0) is 8.97. The molecule has 1 heterocycles. The molecule has 0 aliphatic heterocycles. The van der Waals surface area contributed by atoms with Crippen LogP contribution in [0.1, 0.15) is 6.92 Å². The van der Waals surface area contributed by atoms with Gasteiger partial charge in [-0.3, -0.25) is 0 Å². The van der Waals surface area contributed by atoms with Crippen molar-refractivity contribution in [1.82, 2.24) is 4.98 Å². The van der Waals surface area contributed by atoms with Crippen molar-refractivity contribution < 1.29 is 4.74 Å². The molecule has 0 atom stereocenters. The van der Waals surface area contributed by atoms with E-state index in [4.69, 9.17) is 10.5 Å². The third-order valence-electron chi connectivity index (χ3n) is 1.25. The molecule has 1 rings (SSSR count). The SMILES string of the molecule is COc1ccc(N=C(C)N)nc1. The molecule has 4 heteroatoms. The normalized spacial score (nSPS) is 11.3. The van der Waals surface area contributed by atoms with Crippen LogP contribution in [-0.4, -0.2) is 17.9 Å². The molecule has 12 heavy (non-hydrogen) atoms. The number of hydrogen-bond donors (Lipinski definition) is 1. The van der Waals surface area contributed by atoms with Crippen molar-refractivity contribution in [1.29, 1.82) is 0 Å². The Morgan fingerprint density at radius 3 is 2.75 bits per heavy atom. The number of rotatable bonds is 2. The van der Waals surface area contributed by atoms with Crippen LogP contribution in [0, 0.1) is 0 Å². The lowest BCUT2D eigenvalue weighted by Gasteiger charge is -1.98. The minimum atomic E-state index is 0.493. The van der Waals surface area contributed by atoms with Crippen molar-refractivity contribution in [2.75, 3.05) is 7.11 Å². The highest BCUT2D eigenvalue weighted by Crippen LogP contribution is 2.13. The van der Waals surface area contributed by atoms with Crippen molar-refractivity contribution in [3.05, 3.63) is 18.3 Å². The second-order valence-electron chi connectivity index (χ2n) is 2.31. The first kappa shape index (κ1) is 8.52. The molecule has 0 amide bonds. The number of hydrogen-bond acceptors (Lipinski definition) is 3. The van der Waals surface area contributed by atoms with Crippen molar-refractivity contribution in [2.45, 2.75) is 6.92 Å². The van der Waals surface area contributed by atoms with Gasteiger partial charge in [-0.1, -0.05) is 0 Å². The number of aliphatic imine (C=N–C) groups is 1. The van der Waals surface area contributed by atoms with Gasteiger partial charge in [0.15, 0.2) is 5.82 Å². The van der Waals surface area contributed by atoms with Crippen molar-refractivity contribution in [3.63, 3.8) is 0 Å². The maximum Gasteiger partial charge on any atom is 0.154 e. The maximum atomic E-state index is 5.37. The molecular weight excluding hydrogens is 154 g/mol. The quantitative estimate of drug-likeness (QED) is 0.527. The Morgan fingerprint density at radius 2 is 2.33 bits per heavy atom. The molecule has 0 radical (unpaired) electrons. The minimum absolute atomic E-state index is 0.493. The molecule has 2 N–H and O–H groups in total. The highest BCUT2D eigenvalue weighted by atomic mass is 16.5. The number of amidine groups is 1. The zero-order valence-electron chi connectivity index (χ0n) is 7.11. The molecule has 1 aromatic heterocycles. The molecule has 0 fully saturated rings. The number of pyridine rings is 1. The first-order valence-electron chi connectivity index (χ1n) is 3.53. The Labute approximate surface area is 71.1 Å². The summed E-state index contributed by atoms with van der Waals surface area (Å²) in [5.41, 5.74) is 5.37. The monoisotopic (exact) mass is 165 g/mol. The van der Waals surface area contributed by atoms with E-state index >= 15 is 0 Å². The molecule has 4 nitrogen and oxygen atoms in total. The van der Waals surface area contributed by atoms with E-state index in [9.17, 15) is 0 Å². The van der Waals surface area contributed by atoms with Crippen molar-refractivity contribution in [3.8, 4) is 5.75 Å². The van der Waals surface area contributed by atoms with Gasteiger partial charge in [0.25, 0.3) is 0 Å². The molecule has 0 unspecified atom stereocenters. The smallest absolute Gasteiger partial charge is 0.154 e. The van der Waals surface area contributed by atoms with Gasteiger partial charge in [-0.15, -0.1) is 0 Å². The van der Waals surface area contributed by atoms with Crippen LogP contribution in [0.15, 0.2) is 23.3 Å². The average Bonchev–Trinajstić information content (AvgIpc) is 2.05. The van der Waals surface area contributed by atoms with Gasteiger partial charge in [-0.25, -0.2) is 9.98 Å². The second-order valence-corrected chi connectivity index (χ2v) is 2.31. The van der Waals surface area contributed by atoms with Gasteiger partial charge in [0.05, 0.1) is 19.1 Å². The molecule has 0 aliphatic carbocycles. The van der Waals surface area contributed by atoms with E-state index in [0.717, 1.165) is 0 Å². The Kier molecular flexibility index (Phi) is 2.63. The summed E-state index contributed by atoms with van der Waals surface area (Å²) in [6.45, 7) is 1.71. The molecule has 64 valence electrons. The van der Waals surface area contributed by atoms with Crippen LogP contribution in [-0.2, 0) is 0 Å². The molecule has 0 aromatic carbocycles. The topological polar surface area (TPSA) is 60.5 Å². The van der Waals surface area contributed by atoms with E-state index < -0.39 is 0 Å². The summed E-state index contributed by atoms with van der Waals surface area (Å²) in [6, 6.07) is 3.53. The number of aromatic nitrogens is 1. The summed E-state index contributed by atoms with van der Waals surface area (Å²) in [4.78, 5) is 7.96. The molecule has 1 aromatic rings. The number of nitrogens with two attached hydrogens (primary N) is 1.